The van der Waals surface area contributed by atoms with Crippen LogP contribution in [0.25, 0.3) is 10.6 Å². The molecule has 8 nitrogen and oxygen atoms in total. The molecule has 1 atom stereocenters. The highest BCUT2D eigenvalue weighted by molar-refractivity contribution is 7.19. The molecule has 2 heterocycles. The van der Waals surface area contributed by atoms with Crippen LogP contribution in [0.5, 0.6) is 0 Å². The van der Waals surface area contributed by atoms with Gasteiger partial charge >= 0.3 is 0 Å². The lowest BCUT2D eigenvalue weighted by Crippen LogP contribution is -2.42. The third-order valence-electron chi connectivity index (χ3n) is 5.59. The summed E-state index contributed by atoms with van der Waals surface area (Å²) in [5.74, 6) is -0.193. The number of nitrogens with zero attached hydrogens (tertiary/aromatic N) is 2. The molecule has 1 aromatic heterocycles. The minimum Gasteiger partial charge on any atom is -0.369 e. The Morgan fingerprint density at radius 2 is 2.09 bits per heavy atom. The summed E-state index contributed by atoms with van der Waals surface area (Å²) in [6.45, 7) is 0.409. The summed E-state index contributed by atoms with van der Waals surface area (Å²) < 4.78 is 26.1. The fourth-order valence-corrected chi connectivity index (χ4v) is 4.60. The second-order valence-electron chi connectivity index (χ2n) is 8.18. The normalized spacial score (nSPS) is 21.8. The molecule has 2 fully saturated rings. The third kappa shape index (κ3) is 4.58. The van der Waals surface area contributed by atoms with E-state index in [0.29, 0.717) is 22.7 Å². The molecular formula is C22H20F2N4O4S. The SMILES string of the molecule is CN1CC[C@@](O)(C#Cc2cccc(-c3nc(C(N)=O)c(NC(=O)C4CC(F)(F)C4)s3)c2)C1=O. The van der Waals surface area contributed by atoms with Gasteiger partial charge in [-0.1, -0.05) is 35.3 Å². The molecule has 11 heteroatoms. The Morgan fingerprint density at radius 1 is 1.36 bits per heavy atom. The topological polar surface area (TPSA) is 126 Å². The van der Waals surface area contributed by atoms with E-state index in [1.807, 2.05) is 0 Å². The molecule has 0 unspecified atom stereocenters. The number of primary amides is 1. The van der Waals surface area contributed by atoms with Crippen LogP contribution in [-0.2, 0) is 9.59 Å². The second-order valence-corrected chi connectivity index (χ2v) is 9.18. The summed E-state index contributed by atoms with van der Waals surface area (Å²) in [6.07, 6.45) is -0.872. The summed E-state index contributed by atoms with van der Waals surface area (Å²) in [6, 6.07) is 6.73. The lowest BCUT2D eigenvalue weighted by molar-refractivity contribution is -0.145. The second kappa shape index (κ2) is 8.20. The number of likely N-dealkylation sites (N-methyl/N-ethyl adjacent to an activating group) is 1. The molecule has 0 bridgehead atoms. The third-order valence-corrected chi connectivity index (χ3v) is 6.61. The van der Waals surface area contributed by atoms with E-state index >= 15 is 0 Å². The number of hydrogen-bond donors (Lipinski definition) is 3. The maximum Gasteiger partial charge on any atom is 0.270 e. The predicted octanol–water partition coefficient (Wildman–Crippen LogP) is 1.84. The highest BCUT2D eigenvalue weighted by atomic mass is 32.1. The molecule has 172 valence electrons. The van der Waals surface area contributed by atoms with E-state index in [-0.39, 0.29) is 17.1 Å². The van der Waals surface area contributed by atoms with Crippen molar-refractivity contribution in [2.45, 2.75) is 30.8 Å². The number of alkyl halides is 2. The molecule has 4 N–H and O–H groups in total. The van der Waals surface area contributed by atoms with Crippen LogP contribution in [0.2, 0.25) is 0 Å². The zero-order valence-electron chi connectivity index (χ0n) is 17.5. The molecule has 0 radical (unpaired) electrons. The Balaban J connectivity index is 1.57. The molecule has 4 rings (SSSR count). The number of nitrogens with two attached hydrogens (primary N) is 1. The summed E-state index contributed by atoms with van der Waals surface area (Å²) in [7, 11) is 1.59. The van der Waals surface area contributed by atoms with E-state index in [1.165, 1.54) is 4.90 Å². The van der Waals surface area contributed by atoms with Crippen molar-refractivity contribution in [2.75, 3.05) is 18.9 Å². The average molecular weight is 474 g/mol. The number of halogens is 2. The van der Waals surface area contributed by atoms with Crippen LogP contribution in [0.3, 0.4) is 0 Å². The number of hydrogen-bond acceptors (Lipinski definition) is 6. The molecule has 0 spiro atoms. The molecular weight excluding hydrogens is 454 g/mol. The largest absolute Gasteiger partial charge is 0.369 e. The zero-order valence-corrected chi connectivity index (χ0v) is 18.3. The Bertz CT molecular complexity index is 1210. The van der Waals surface area contributed by atoms with Gasteiger partial charge in [0.25, 0.3) is 11.8 Å². The van der Waals surface area contributed by atoms with Gasteiger partial charge in [-0.2, -0.15) is 0 Å². The Kier molecular flexibility index (Phi) is 5.67. The first-order chi connectivity index (χ1) is 15.5. The van der Waals surface area contributed by atoms with Crippen molar-refractivity contribution in [1.82, 2.24) is 9.88 Å². The van der Waals surface area contributed by atoms with Crippen molar-refractivity contribution in [1.29, 1.82) is 0 Å². The lowest BCUT2D eigenvalue weighted by atomic mass is 9.81. The van der Waals surface area contributed by atoms with Crippen molar-refractivity contribution >= 4 is 34.1 Å². The molecule has 3 amide bonds. The van der Waals surface area contributed by atoms with Gasteiger partial charge in [-0.15, -0.1) is 0 Å². The van der Waals surface area contributed by atoms with Gasteiger partial charge in [0.2, 0.25) is 17.4 Å². The van der Waals surface area contributed by atoms with E-state index in [9.17, 15) is 28.3 Å². The number of aliphatic hydroxyl groups is 1. The van der Waals surface area contributed by atoms with Crippen LogP contribution >= 0.6 is 11.3 Å². The number of nitrogens with one attached hydrogen (secondary N) is 1. The van der Waals surface area contributed by atoms with Crippen molar-refractivity contribution in [3.63, 3.8) is 0 Å². The quantitative estimate of drug-likeness (QED) is 0.583. The van der Waals surface area contributed by atoms with Crippen molar-refractivity contribution in [2.24, 2.45) is 11.7 Å². The van der Waals surface area contributed by atoms with Crippen molar-refractivity contribution in [3.05, 3.63) is 35.5 Å². The van der Waals surface area contributed by atoms with Gasteiger partial charge in [0.05, 0.1) is 0 Å². The molecule has 2 aromatic rings. The molecule has 1 aliphatic heterocycles. The van der Waals surface area contributed by atoms with Gasteiger partial charge in [-0.05, 0) is 12.1 Å². The van der Waals surface area contributed by atoms with Gasteiger partial charge in [0.1, 0.15) is 10.0 Å². The van der Waals surface area contributed by atoms with Crippen LogP contribution in [-0.4, -0.2) is 57.8 Å². The van der Waals surface area contributed by atoms with Crippen LogP contribution in [0.4, 0.5) is 13.8 Å². The maximum atomic E-state index is 13.1. The molecule has 33 heavy (non-hydrogen) atoms. The smallest absolute Gasteiger partial charge is 0.270 e. The average Bonchev–Trinajstić information content (AvgIpc) is 3.28. The van der Waals surface area contributed by atoms with Gasteiger partial charge < -0.3 is 21.1 Å². The fraction of sp³-hybridized carbons (Fsp3) is 0.364. The predicted molar refractivity (Wildman–Crippen MR) is 116 cm³/mol. The Hall–Kier alpha value is -3.36. The van der Waals surface area contributed by atoms with Gasteiger partial charge in [0, 0.05) is 49.9 Å². The first kappa shape index (κ1) is 22.8. The maximum absolute atomic E-state index is 13.1. The molecule has 1 saturated carbocycles. The number of aromatic nitrogens is 1. The van der Waals surface area contributed by atoms with Crippen LogP contribution < -0.4 is 11.1 Å². The molecule has 1 aliphatic carbocycles. The highest BCUT2D eigenvalue weighted by Crippen LogP contribution is 2.43. The highest BCUT2D eigenvalue weighted by Gasteiger charge is 2.49. The Morgan fingerprint density at radius 3 is 2.70 bits per heavy atom. The Labute approximate surface area is 191 Å². The zero-order chi connectivity index (χ0) is 24.0. The monoisotopic (exact) mass is 474 g/mol. The van der Waals surface area contributed by atoms with Crippen LogP contribution in [0, 0.1) is 17.8 Å². The van der Waals surface area contributed by atoms with Crippen molar-refractivity contribution < 1.29 is 28.3 Å². The lowest BCUT2D eigenvalue weighted by Gasteiger charge is -2.33. The van der Waals surface area contributed by atoms with Crippen molar-refractivity contribution in [3.8, 4) is 22.4 Å². The van der Waals surface area contributed by atoms with E-state index in [1.54, 1.807) is 31.3 Å². The van der Waals surface area contributed by atoms with Crippen LogP contribution in [0.1, 0.15) is 35.3 Å². The molecule has 1 aromatic carbocycles. The van der Waals surface area contributed by atoms with Gasteiger partial charge in [0.15, 0.2) is 5.69 Å². The number of carbonyl (C=O) groups is 3. The van der Waals surface area contributed by atoms with E-state index in [4.69, 9.17) is 5.73 Å². The minimum absolute atomic E-state index is 0.0862. The van der Waals surface area contributed by atoms with E-state index in [0.717, 1.165) is 11.3 Å². The molecule has 2 aliphatic rings. The van der Waals surface area contributed by atoms with Crippen LogP contribution in [0.15, 0.2) is 24.3 Å². The number of anilines is 1. The number of carbonyl (C=O) groups excluding carboxylic acids is 3. The summed E-state index contributed by atoms with van der Waals surface area (Å²) in [5.41, 5.74) is 4.54. The number of amides is 3. The van der Waals surface area contributed by atoms with E-state index in [2.05, 4.69) is 22.1 Å². The summed E-state index contributed by atoms with van der Waals surface area (Å²) in [5, 5.41) is 13.4. The number of thiazole rings is 1. The number of rotatable bonds is 4. The van der Waals surface area contributed by atoms with E-state index < -0.39 is 48.0 Å². The first-order valence-corrected chi connectivity index (χ1v) is 10.9. The minimum atomic E-state index is -2.85. The summed E-state index contributed by atoms with van der Waals surface area (Å²) in [4.78, 5) is 41.8. The van der Waals surface area contributed by atoms with Gasteiger partial charge in [-0.25, -0.2) is 13.8 Å². The molecule has 1 saturated heterocycles. The number of likely N-dealkylation sites (tertiary alicyclic amines) is 1. The fourth-order valence-electron chi connectivity index (χ4n) is 3.63. The summed E-state index contributed by atoms with van der Waals surface area (Å²) >= 11 is 0.983. The number of benzene rings is 1. The van der Waals surface area contributed by atoms with Gasteiger partial charge in [-0.3, -0.25) is 14.4 Å². The standard InChI is InChI=1S/C22H20F2N4O4S/c1-28-8-7-21(32,20(28)31)6-5-12-3-2-4-13(9-12)18-26-15(16(25)29)19(33-18)27-17(30)14-10-22(23,24)11-14/h2-4,9,14,32H,7-8,10-11H2,1H3,(H2,25,29)(H,27,30)/t21-/m0/s1. The first-order valence-electron chi connectivity index (χ1n) is 10.1.